The lowest BCUT2D eigenvalue weighted by Crippen LogP contribution is -2.17. The fourth-order valence-corrected chi connectivity index (χ4v) is 4.08. The first kappa shape index (κ1) is 18.3. The third-order valence-corrected chi connectivity index (χ3v) is 5.61. The Hall–Kier alpha value is -3.06. The van der Waals surface area contributed by atoms with Gasteiger partial charge in [0.1, 0.15) is 12.1 Å². The van der Waals surface area contributed by atoms with Crippen LogP contribution in [0.4, 0.5) is 15.2 Å². The molecule has 1 aliphatic rings. The summed E-state index contributed by atoms with van der Waals surface area (Å²) in [5, 5.41) is 3.09. The van der Waals surface area contributed by atoms with E-state index in [2.05, 4.69) is 27.3 Å². The minimum Gasteiger partial charge on any atom is -0.372 e. The van der Waals surface area contributed by atoms with Crippen LogP contribution in [0.5, 0.6) is 0 Å². The first-order chi connectivity index (χ1) is 13.6. The zero-order valence-corrected chi connectivity index (χ0v) is 15.8. The molecule has 0 aliphatic carbocycles. The molecule has 2 aromatic carbocycles. The molecule has 7 heteroatoms. The number of nitrogens with zero attached hydrogens (tertiary/aromatic N) is 2. The topological polar surface area (TPSA) is 62.3 Å². The summed E-state index contributed by atoms with van der Waals surface area (Å²) in [5.41, 5.74) is 2.42. The van der Waals surface area contributed by atoms with Gasteiger partial charge in [-0.1, -0.05) is 23.5 Å². The van der Waals surface area contributed by atoms with Gasteiger partial charge in [0.15, 0.2) is 5.13 Å². The van der Waals surface area contributed by atoms with Crippen LogP contribution < -0.4 is 10.2 Å². The van der Waals surface area contributed by atoms with E-state index in [1.165, 1.54) is 35.9 Å². The van der Waals surface area contributed by atoms with Crippen LogP contribution in [0.2, 0.25) is 0 Å². The van der Waals surface area contributed by atoms with Gasteiger partial charge < -0.3 is 4.90 Å². The summed E-state index contributed by atoms with van der Waals surface area (Å²) < 4.78 is 13.5. The minimum atomic E-state index is -0.631. The molecule has 0 radical (unpaired) electrons. The van der Waals surface area contributed by atoms with Crippen LogP contribution in [-0.4, -0.2) is 30.3 Å². The van der Waals surface area contributed by atoms with Crippen molar-refractivity contribution in [2.24, 2.45) is 0 Å². The van der Waals surface area contributed by atoms with Crippen molar-refractivity contribution in [1.29, 1.82) is 0 Å². The predicted molar refractivity (Wildman–Crippen MR) is 109 cm³/mol. The van der Waals surface area contributed by atoms with E-state index in [1.807, 2.05) is 12.1 Å². The molecule has 1 N–H and O–H groups in total. The Labute approximate surface area is 165 Å². The molecule has 28 heavy (non-hydrogen) atoms. The van der Waals surface area contributed by atoms with Gasteiger partial charge >= 0.3 is 0 Å². The highest BCUT2D eigenvalue weighted by atomic mass is 32.1. The molecule has 1 aliphatic heterocycles. The van der Waals surface area contributed by atoms with Gasteiger partial charge in [-0.15, -0.1) is 0 Å². The molecule has 0 unspecified atom stereocenters. The predicted octanol–water partition coefficient (Wildman–Crippen LogP) is 4.61. The number of halogens is 1. The summed E-state index contributed by atoms with van der Waals surface area (Å²) in [6, 6.07) is 11.8. The third-order valence-electron chi connectivity index (χ3n) is 4.65. The molecule has 142 valence electrons. The number of amides is 1. The lowest BCUT2D eigenvalue weighted by molar-refractivity contribution is 0.102. The molecule has 0 atom stereocenters. The number of carbonyl (C=O) groups is 2. The highest BCUT2D eigenvalue weighted by Crippen LogP contribution is 2.32. The van der Waals surface area contributed by atoms with Gasteiger partial charge in [0.2, 0.25) is 0 Å². The third kappa shape index (κ3) is 3.94. The average molecular weight is 395 g/mol. The van der Waals surface area contributed by atoms with Gasteiger partial charge in [-0.05, 0) is 48.7 Å². The van der Waals surface area contributed by atoms with Crippen LogP contribution >= 0.6 is 11.3 Å². The second-order valence-corrected chi connectivity index (χ2v) is 7.65. The highest BCUT2D eigenvalue weighted by Gasteiger charge is 2.15. The van der Waals surface area contributed by atoms with Crippen molar-refractivity contribution < 1.29 is 14.0 Å². The van der Waals surface area contributed by atoms with Crippen molar-refractivity contribution in [1.82, 2.24) is 4.98 Å². The Kier molecular flexibility index (Phi) is 5.16. The van der Waals surface area contributed by atoms with E-state index in [0.29, 0.717) is 11.4 Å². The van der Waals surface area contributed by atoms with Crippen molar-refractivity contribution >= 4 is 34.3 Å². The Balaban J connectivity index is 1.52. The van der Waals surface area contributed by atoms with E-state index in [-0.39, 0.29) is 11.1 Å². The quantitative estimate of drug-likeness (QED) is 0.641. The van der Waals surface area contributed by atoms with Gasteiger partial charge in [0.25, 0.3) is 5.91 Å². The number of rotatable bonds is 5. The maximum atomic E-state index is 13.5. The Morgan fingerprint density at radius 3 is 2.79 bits per heavy atom. The van der Waals surface area contributed by atoms with Crippen molar-refractivity contribution in [3.05, 3.63) is 65.6 Å². The first-order valence-corrected chi connectivity index (χ1v) is 9.82. The minimum absolute atomic E-state index is 0.0786. The first-order valence-electron chi connectivity index (χ1n) is 9.01. The van der Waals surface area contributed by atoms with Crippen molar-refractivity contribution in [2.75, 3.05) is 23.3 Å². The van der Waals surface area contributed by atoms with Gasteiger partial charge in [-0.2, -0.15) is 0 Å². The maximum absolute atomic E-state index is 13.5. The molecule has 1 amide bonds. The zero-order valence-electron chi connectivity index (χ0n) is 15.0. The second-order valence-electron chi connectivity index (χ2n) is 6.62. The summed E-state index contributed by atoms with van der Waals surface area (Å²) in [6.07, 6.45) is 4.65. The van der Waals surface area contributed by atoms with Crippen LogP contribution in [0, 0.1) is 5.82 Å². The van der Waals surface area contributed by atoms with Crippen molar-refractivity contribution in [3.8, 4) is 10.4 Å². The number of benzene rings is 2. The van der Waals surface area contributed by atoms with Crippen molar-refractivity contribution in [3.63, 3.8) is 0 Å². The molecular weight excluding hydrogens is 377 g/mol. The number of thiazole rings is 1. The number of aromatic nitrogens is 1. The molecule has 1 fully saturated rings. The number of hydrogen-bond acceptors (Lipinski definition) is 5. The van der Waals surface area contributed by atoms with Gasteiger partial charge in [-0.3, -0.25) is 14.9 Å². The maximum Gasteiger partial charge on any atom is 0.257 e. The standard InChI is InChI=1S/C21H18FN3O2S/c22-17-9-14(13-26)8-16(10-17)20(27)24-21-23-12-19(28-21)15-4-3-5-18(11-15)25-6-1-2-7-25/h3-5,8-13H,1-2,6-7H2,(H,23,24,27). The van der Waals surface area contributed by atoms with Gasteiger partial charge in [0.05, 0.1) is 4.88 Å². The van der Waals surface area contributed by atoms with E-state index in [0.717, 1.165) is 35.7 Å². The summed E-state index contributed by atoms with van der Waals surface area (Å²) in [5.74, 6) is -1.14. The van der Waals surface area contributed by atoms with Crippen LogP contribution in [0.3, 0.4) is 0 Å². The van der Waals surface area contributed by atoms with Crippen LogP contribution in [0.25, 0.3) is 10.4 Å². The van der Waals surface area contributed by atoms with Crippen molar-refractivity contribution in [2.45, 2.75) is 12.8 Å². The lowest BCUT2D eigenvalue weighted by Gasteiger charge is -2.18. The summed E-state index contributed by atoms with van der Waals surface area (Å²) in [6.45, 7) is 2.15. The molecule has 3 aromatic rings. The summed E-state index contributed by atoms with van der Waals surface area (Å²) >= 11 is 1.35. The number of anilines is 2. The number of hydrogen-bond donors (Lipinski definition) is 1. The number of carbonyl (C=O) groups excluding carboxylic acids is 2. The Bertz CT molecular complexity index is 1030. The molecule has 1 aromatic heterocycles. The van der Waals surface area contributed by atoms with Crippen LogP contribution in [0.15, 0.2) is 48.7 Å². The number of aldehydes is 1. The molecule has 0 bridgehead atoms. The van der Waals surface area contributed by atoms with E-state index in [9.17, 15) is 14.0 Å². The normalized spacial score (nSPS) is 13.5. The molecular formula is C21H18FN3O2S. The van der Waals surface area contributed by atoms with Crippen LogP contribution in [0.1, 0.15) is 33.6 Å². The molecule has 1 saturated heterocycles. The zero-order chi connectivity index (χ0) is 19.5. The number of nitrogens with one attached hydrogen (secondary N) is 1. The molecule has 5 nitrogen and oxygen atoms in total. The van der Waals surface area contributed by atoms with Gasteiger partial charge in [-0.25, -0.2) is 9.37 Å². The SMILES string of the molecule is O=Cc1cc(F)cc(C(=O)Nc2ncc(-c3cccc(N4CCCC4)c3)s2)c1. The van der Waals surface area contributed by atoms with Crippen LogP contribution in [-0.2, 0) is 0 Å². The average Bonchev–Trinajstić information content (AvgIpc) is 3.40. The van der Waals surface area contributed by atoms with Gasteiger partial charge in [0, 0.05) is 36.1 Å². The molecule has 4 rings (SSSR count). The van der Waals surface area contributed by atoms with E-state index >= 15 is 0 Å². The van der Waals surface area contributed by atoms with E-state index in [1.54, 1.807) is 6.20 Å². The fraction of sp³-hybridized carbons (Fsp3) is 0.190. The second kappa shape index (κ2) is 7.90. The summed E-state index contributed by atoms with van der Waals surface area (Å²) in [4.78, 5) is 30.8. The molecule has 2 heterocycles. The Morgan fingerprint density at radius 2 is 2.00 bits per heavy atom. The highest BCUT2D eigenvalue weighted by molar-refractivity contribution is 7.19. The molecule has 0 spiro atoms. The summed E-state index contributed by atoms with van der Waals surface area (Å²) in [7, 11) is 0. The smallest absolute Gasteiger partial charge is 0.257 e. The lowest BCUT2D eigenvalue weighted by atomic mass is 10.1. The largest absolute Gasteiger partial charge is 0.372 e. The monoisotopic (exact) mass is 395 g/mol. The fourth-order valence-electron chi connectivity index (χ4n) is 3.28. The van der Waals surface area contributed by atoms with E-state index < -0.39 is 11.7 Å². The molecule has 0 saturated carbocycles. The van der Waals surface area contributed by atoms with E-state index in [4.69, 9.17) is 0 Å². The Morgan fingerprint density at radius 1 is 1.18 bits per heavy atom.